The summed E-state index contributed by atoms with van der Waals surface area (Å²) in [4.78, 5) is 21.5. The van der Waals surface area contributed by atoms with Gasteiger partial charge in [0.05, 0.1) is 5.75 Å². The summed E-state index contributed by atoms with van der Waals surface area (Å²) in [5, 5.41) is 9.56. The van der Waals surface area contributed by atoms with Gasteiger partial charge in [-0.1, -0.05) is 36.0 Å². The van der Waals surface area contributed by atoms with E-state index in [1.807, 2.05) is 64.1 Å². The van der Waals surface area contributed by atoms with Crippen molar-refractivity contribution in [1.29, 1.82) is 0 Å². The summed E-state index contributed by atoms with van der Waals surface area (Å²) in [6, 6.07) is 19.9. The lowest BCUT2D eigenvalue weighted by molar-refractivity contribution is -0.130. The molecule has 0 spiro atoms. The van der Waals surface area contributed by atoms with Crippen molar-refractivity contribution in [2.24, 2.45) is 0 Å². The van der Waals surface area contributed by atoms with Gasteiger partial charge in [0.25, 0.3) is 0 Å². The lowest BCUT2D eigenvalue weighted by Gasteiger charge is -2.34. The summed E-state index contributed by atoms with van der Waals surface area (Å²) >= 11 is 1.42. The number of carbonyl (C=O) groups excluding carboxylic acids is 1. The Hall–Kier alpha value is -3.89. The van der Waals surface area contributed by atoms with Gasteiger partial charge in [-0.2, -0.15) is 0 Å². The largest absolute Gasteiger partial charge is 0.454 e. The van der Waals surface area contributed by atoms with Crippen molar-refractivity contribution in [2.75, 3.05) is 38.7 Å². The van der Waals surface area contributed by atoms with E-state index in [1.165, 1.54) is 17.3 Å². The minimum atomic E-state index is 0.112. The van der Waals surface area contributed by atoms with Gasteiger partial charge in [-0.05, 0) is 42.0 Å². The van der Waals surface area contributed by atoms with Crippen LogP contribution in [0.5, 0.6) is 11.5 Å². The highest BCUT2D eigenvalue weighted by Gasteiger charge is 2.24. The molecule has 2 aliphatic rings. The lowest BCUT2D eigenvalue weighted by Crippen LogP contribution is -2.48. The van der Waals surface area contributed by atoms with Gasteiger partial charge in [-0.25, -0.2) is 0 Å². The van der Waals surface area contributed by atoms with Gasteiger partial charge in [0.2, 0.25) is 12.7 Å². The van der Waals surface area contributed by atoms with Crippen molar-refractivity contribution in [3.8, 4) is 28.6 Å². The number of aromatic nitrogens is 4. The van der Waals surface area contributed by atoms with Crippen molar-refractivity contribution in [1.82, 2.24) is 29.5 Å². The van der Waals surface area contributed by atoms with Gasteiger partial charge in [0, 0.05) is 56.4 Å². The summed E-state index contributed by atoms with van der Waals surface area (Å²) in [6.45, 7) is 4.18. The van der Waals surface area contributed by atoms with E-state index in [0.29, 0.717) is 24.0 Å². The Kier molecular flexibility index (Phi) is 6.74. The zero-order valence-electron chi connectivity index (χ0n) is 20.2. The van der Waals surface area contributed by atoms with Crippen LogP contribution in [-0.4, -0.2) is 74.2 Å². The molecular weight excluding hydrogens is 488 g/mol. The van der Waals surface area contributed by atoms with E-state index < -0.39 is 0 Å². The fourth-order valence-corrected chi connectivity index (χ4v) is 5.39. The van der Waals surface area contributed by atoms with E-state index in [4.69, 9.17) is 9.47 Å². The van der Waals surface area contributed by atoms with Crippen molar-refractivity contribution in [3.05, 3.63) is 78.6 Å². The molecule has 0 unspecified atom stereocenters. The van der Waals surface area contributed by atoms with Crippen LogP contribution < -0.4 is 9.47 Å². The van der Waals surface area contributed by atoms with Crippen LogP contribution in [0.25, 0.3) is 17.1 Å². The number of ether oxygens (including phenoxy) is 2. The smallest absolute Gasteiger partial charge is 0.233 e. The predicted octanol–water partition coefficient (Wildman–Crippen LogP) is 3.49. The highest BCUT2D eigenvalue weighted by Crippen LogP contribution is 2.33. The Balaban J connectivity index is 1.08. The third-order valence-corrected chi connectivity index (χ3v) is 7.39. The number of nitrogens with zero attached hydrogens (tertiary/aromatic N) is 6. The maximum atomic E-state index is 13.1. The molecule has 0 saturated carbocycles. The molecule has 0 radical (unpaired) electrons. The maximum absolute atomic E-state index is 13.1. The topological polar surface area (TPSA) is 85.6 Å². The number of pyridine rings is 1. The van der Waals surface area contributed by atoms with Crippen LogP contribution in [0.1, 0.15) is 5.56 Å². The van der Waals surface area contributed by atoms with Gasteiger partial charge in [-0.3, -0.25) is 19.2 Å². The van der Waals surface area contributed by atoms with Gasteiger partial charge in [-0.15, -0.1) is 10.2 Å². The third kappa shape index (κ3) is 5.16. The van der Waals surface area contributed by atoms with E-state index in [0.717, 1.165) is 48.2 Å². The van der Waals surface area contributed by atoms with Crippen LogP contribution in [0.15, 0.2) is 78.2 Å². The summed E-state index contributed by atoms with van der Waals surface area (Å²) in [5.41, 5.74) is 3.05. The van der Waals surface area contributed by atoms with Crippen LogP contribution in [0.4, 0.5) is 0 Å². The van der Waals surface area contributed by atoms with E-state index in [2.05, 4.69) is 26.1 Å². The molecule has 0 atom stereocenters. The second-order valence-electron chi connectivity index (χ2n) is 8.85. The summed E-state index contributed by atoms with van der Waals surface area (Å²) < 4.78 is 12.9. The molecule has 0 aliphatic carbocycles. The van der Waals surface area contributed by atoms with Gasteiger partial charge < -0.3 is 14.4 Å². The Morgan fingerprint density at radius 1 is 0.892 bits per heavy atom. The molecule has 188 valence electrons. The monoisotopic (exact) mass is 514 g/mol. The molecule has 1 saturated heterocycles. The number of thioether (sulfide) groups is 1. The molecule has 0 N–H and O–H groups in total. The zero-order valence-corrected chi connectivity index (χ0v) is 21.0. The molecule has 37 heavy (non-hydrogen) atoms. The zero-order chi connectivity index (χ0) is 25.0. The number of rotatable bonds is 7. The molecule has 0 bridgehead atoms. The first-order valence-electron chi connectivity index (χ1n) is 12.2. The second kappa shape index (κ2) is 10.6. The average Bonchev–Trinajstić information content (AvgIpc) is 3.60. The van der Waals surface area contributed by atoms with Crippen LogP contribution >= 0.6 is 11.8 Å². The Morgan fingerprint density at radius 3 is 2.49 bits per heavy atom. The Bertz CT molecular complexity index is 1370. The molecule has 2 aliphatic heterocycles. The van der Waals surface area contributed by atoms with Crippen molar-refractivity contribution < 1.29 is 14.3 Å². The van der Waals surface area contributed by atoms with E-state index in [1.54, 1.807) is 12.4 Å². The van der Waals surface area contributed by atoms with Crippen LogP contribution in [0.2, 0.25) is 0 Å². The average molecular weight is 515 g/mol. The SMILES string of the molecule is O=C(CSc1nnc(-c2ccncc2)n1-c1ccccc1)N1CCN(Cc2ccc3c(c2)OCO3)CC1. The molecule has 10 heteroatoms. The lowest BCUT2D eigenvalue weighted by atomic mass is 10.1. The minimum absolute atomic E-state index is 0.112. The van der Waals surface area contributed by atoms with Crippen LogP contribution in [0.3, 0.4) is 0 Å². The van der Waals surface area contributed by atoms with Gasteiger partial charge >= 0.3 is 0 Å². The quantitative estimate of drug-likeness (QED) is 0.347. The third-order valence-electron chi connectivity index (χ3n) is 6.48. The number of benzene rings is 2. The first kappa shape index (κ1) is 23.5. The molecule has 4 aromatic rings. The maximum Gasteiger partial charge on any atom is 0.233 e. The highest BCUT2D eigenvalue weighted by atomic mass is 32.2. The molecule has 9 nitrogen and oxygen atoms in total. The molecule has 2 aromatic carbocycles. The highest BCUT2D eigenvalue weighted by molar-refractivity contribution is 7.99. The normalized spacial score (nSPS) is 15.2. The van der Waals surface area contributed by atoms with Crippen LogP contribution in [0, 0.1) is 0 Å². The summed E-state index contributed by atoms with van der Waals surface area (Å²) in [5.74, 6) is 2.75. The van der Waals surface area contributed by atoms with Gasteiger partial charge in [0.1, 0.15) is 0 Å². The molecule has 6 rings (SSSR count). The fourth-order valence-electron chi connectivity index (χ4n) is 4.53. The molecule has 1 fully saturated rings. The van der Waals surface area contributed by atoms with E-state index in [9.17, 15) is 4.79 Å². The first-order chi connectivity index (χ1) is 18.2. The van der Waals surface area contributed by atoms with Crippen LogP contribution in [-0.2, 0) is 11.3 Å². The number of hydrogen-bond acceptors (Lipinski definition) is 8. The standard InChI is InChI=1S/C27H26N6O3S/c34-25(32-14-12-31(13-15-32)17-20-6-7-23-24(16-20)36-19-35-23)18-37-27-30-29-26(21-8-10-28-11-9-21)33(27)22-4-2-1-3-5-22/h1-11,16H,12-15,17-19H2. The van der Waals surface area contributed by atoms with Gasteiger partial charge in [0.15, 0.2) is 22.5 Å². The number of para-hydroxylation sites is 1. The van der Waals surface area contributed by atoms with Crippen molar-refractivity contribution in [3.63, 3.8) is 0 Å². The van der Waals surface area contributed by atoms with Crippen molar-refractivity contribution >= 4 is 17.7 Å². The molecule has 1 amide bonds. The summed E-state index contributed by atoms with van der Waals surface area (Å²) in [6.07, 6.45) is 3.48. The Morgan fingerprint density at radius 2 is 1.68 bits per heavy atom. The molecule has 2 aromatic heterocycles. The van der Waals surface area contributed by atoms with Crippen molar-refractivity contribution in [2.45, 2.75) is 11.7 Å². The van der Waals surface area contributed by atoms with E-state index in [-0.39, 0.29) is 12.7 Å². The summed E-state index contributed by atoms with van der Waals surface area (Å²) in [7, 11) is 0. The fraction of sp³-hybridized carbons (Fsp3) is 0.259. The number of fused-ring (bicyclic) bond motifs is 1. The molecular formula is C27H26N6O3S. The number of amides is 1. The minimum Gasteiger partial charge on any atom is -0.454 e. The predicted molar refractivity (Wildman–Crippen MR) is 140 cm³/mol. The Labute approximate surface area is 219 Å². The number of hydrogen-bond donors (Lipinski definition) is 0. The second-order valence-corrected chi connectivity index (χ2v) is 9.79. The number of piperazine rings is 1. The molecule has 4 heterocycles. The first-order valence-corrected chi connectivity index (χ1v) is 13.2. The van der Waals surface area contributed by atoms with E-state index >= 15 is 0 Å². The number of carbonyl (C=O) groups is 1.